The SMILES string of the molecule is CCC(N)Cc1cccnc1N(C)CC1(N(C)C)CCC1. The Morgan fingerprint density at radius 2 is 2.05 bits per heavy atom. The van der Waals surface area contributed by atoms with Gasteiger partial charge in [0.15, 0.2) is 0 Å². The van der Waals surface area contributed by atoms with Gasteiger partial charge in [0.1, 0.15) is 5.82 Å². The number of likely N-dealkylation sites (N-methyl/N-ethyl adjacent to an activating group) is 2. The fourth-order valence-electron chi connectivity index (χ4n) is 3.21. The molecule has 1 fully saturated rings. The molecule has 21 heavy (non-hydrogen) atoms. The highest BCUT2D eigenvalue weighted by atomic mass is 15.2. The van der Waals surface area contributed by atoms with Crippen molar-refractivity contribution in [3.05, 3.63) is 23.9 Å². The summed E-state index contributed by atoms with van der Waals surface area (Å²) in [4.78, 5) is 9.32. The Morgan fingerprint density at radius 1 is 1.33 bits per heavy atom. The zero-order valence-corrected chi connectivity index (χ0v) is 14.0. The molecule has 0 saturated heterocycles. The Kier molecular flexibility index (Phi) is 5.22. The zero-order valence-electron chi connectivity index (χ0n) is 14.0. The van der Waals surface area contributed by atoms with Crippen LogP contribution in [0.25, 0.3) is 0 Å². The zero-order chi connectivity index (χ0) is 15.5. The Morgan fingerprint density at radius 3 is 2.57 bits per heavy atom. The third-order valence-electron chi connectivity index (χ3n) is 5.00. The molecule has 4 heteroatoms. The number of nitrogens with zero attached hydrogens (tertiary/aromatic N) is 3. The second kappa shape index (κ2) is 6.75. The van der Waals surface area contributed by atoms with Crippen molar-refractivity contribution in [2.45, 2.75) is 50.6 Å². The van der Waals surface area contributed by atoms with Crippen LogP contribution in [-0.2, 0) is 6.42 Å². The topological polar surface area (TPSA) is 45.4 Å². The number of aromatic nitrogens is 1. The molecule has 1 aromatic rings. The summed E-state index contributed by atoms with van der Waals surface area (Å²) in [6.07, 6.45) is 7.68. The lowest BCUT2D eigenvalue weighted by Gasteiger charge is -2.49. The highest BCUT2D eigenvalue weighted by Gasteiger charge is 2.40. The van der Waals surface area contributed by atoms with E-state index in [4.69, 9.17) is 5.73 Å². The predicted molar refractivity (Wildman–Crippen MR) is 89.7 cm³/mol. The van der Waals surface area contributed by atoms with E-state index in [1.807, 2.05) is 12.3 Å². The monoisotopic (exact) mass is 290 g/mol. The summed E-state index contributed by atoms with van der Waals surface area (Å²) < 4.78 is 0. The maximum Gasteiger partial charge on any atom is 0.131 e. The lowest BCUT2D eigenvalue weighted by Crippen LogP contribution is -2.57. The first kappa shape index (κ1) is 16.2. The standard InChI is InChI=1S/C17H30N4/c1-5-15(18)12-14-8-6-11-19-16(14)21(4)13-17(20(2)3)9-7-10-17/h6,8,11,15H,5,7,9-10,12-13,18H2,1-4H3. The molecule has 0 spiro atoms. The molecule has 1 atom stereocenters. The van der Waals surface area contributed by atoms with Crippen LogP contribution in [0.15, 0.2) is 18.3 Å². The normalized spacial score (nSPS) is 18.4. The molecule has 118 valence electrons. The van der Waals surface area contributed by atoms with Crippen LogP contribution in [0.2, 0.25) is 0 Å². The smallest absolute Gasteiger partial charge is 0.131 e. The Hall–Kier alpha value is -1.13. The van der Waals surface area contributed by atoms with Gasteiger partial charge in [0, 0.05) is 31.4 Å². The van der Waals surface area contributed by atoms with Crippen LogP contribution in [0.1, 0.15) is 38.2 Å². The highest BCUT2D eigenvalue weighted by molar-refractivity contribution is 5.47. The summed E-state index contributed by atoms with van der Waals surface area (Å²) >= 11 is 0. The maximum absolute atomic E-state index is 6.13. The second-order valence-corrected chi connectivity index (χ2v) is 6.69. The van der Waals surface area contributed by atoms with Crippen LogP contribution < -0.4 is 10.6 Å². The van der Waals surface area contributed by atoms with Gasteiger partial charge in [-0.2, -0.15) is 0 Å². The summed E-state index contributed by atoms with van der Waals surface area (Å²) in [5, 5.41) is 0. The fraction of sp³-hybridized carbons (Fsp3) is 0.706. The molecule has 1 aliphatic carbocycles. The van der Waals surface area contributed by atoms with Crippen LogP contribution in [0.3, 0.4) is 0 Å². The van der Waals surface area contributed by atoms with E-state index in [1.54, 1.807) is 0 Å². The first-order valence-corrected chi connectivity index (χ1v) is 8.06. The van der Waals surface area contributed by atoms with Crippen molar-refractivity contribution in [1.82, 2.24) is 9.88 Å². The van der Waals surface area contributed by atoms with E-state index in [-0.39, 0.29) is 6.04 Å². The minimum atomic E-state index is 0.216. The number of hydrogen-bond acceptors (Lipinski definition) is 4. The minimum absolute atomic E-state index is 0.216. The van der Waals surface area contributed by atoms with Gasteiger partial charge >= 0.3 is 0 Å². The van der Waals surface area contributed by atoms with Crippen molar-refractivity contribution in [1.29, 1.82) is 0 Å². The first-order chi connectivity index (χ1) is 9.98. The van der Waals surface area contributed by atoms with Gasteiger partial charge in [-0.1, -0.05) is 13.0 Å². The van der Waals surface area contributed by atoms with Gasteiger partial charge in [0.2, 0.25) is 0 Å². The molecule has 0 radical (unpaired) electrons. The maximum atomic E-state index is 6.13. The van der Waals surface area contributed by atoms with E-state index in [1.165, 1.54) is 24.8 Å². The number of hydrogen-bond donors (Lipinski definition) is 1. The lowest BCUT2D eigenvalue weighted by atomic mass is 9.75. The molecule has 1 aromatic heterocycles. The molecule has 4 nitrogen and oxygen atoms in total. The van der Waals surface area contributed by atoms with Gasteiger partial charge in [0.25, 0.3) is 0 Å². The van der Waals surface area contributed by atoms with Crippen LogP contribution in [0.4, 0.5) is 5.82 Å². The van der Waals surface area contributed by atoms with E-state index in [0.717, 1.165) is 25.2 Å². The molecular formula is C17H30N4. The van der Waals surface area contributed by atoms with Gasteiger partial charge in [-0.15, -0.1) is 0 Å². The number of anilines is 1. The number of pyridine rings is 1. The average molecular weight is 290 g/mol. The molecule has 0 aromatic carbocycles. The van der Waals surface area contributed by atoms with E-state index < -0.39 is 0 Å². The summed E-state index contributed by atoms with van der Waals surface area (Å²) in [5.74, 6) is 1.09. The number of nitrogens with two attached hydrogens (primary N) is 1. The molecule has 1 aliphatic rings. The second-order valence-electron chi connectivity index (χ2n) is 6.69. The molecule has 0 bridgehead atoms. The van der Waals surface area contributed by atoms with Crippen molar-refractivity contribution in [2.24, 2.45) is 5.73 Å². The van der Waals surface area contributed by atoms with E-state index in [2.05, 4.69) is 48.9 Å². The molecule has 0 aliphatic heterocycles. The molecule has 0 amide bonds. The Balaban J connectivity index is 2.13. The molecule has 1 heterocycles. The average Bonchev–Trinajstić information content (AvgIpc) is 2.42. The van der Waals surface area contributed by atoms with Gasteiger partial charge in [-0.05, 0) is 57.8 Å². The van der Waals surface area contributed by atoms with Gasteiger partial charge < -0.3 is 15.5 Å². The highest BCUT2D eigenvalue weighted by Crippen LogP contribution is 2.37. The van der Waals surface area contributed by atoms with Crippen LogP contribution in [0, 0.1) is 0 Å². The Bertz CT molecular complexity index is 454. The summed E-state index contributed by atoms with van der Waals surface area (Å²) in [6.45, 7) is 3.17. The molecule has 1 unspecified atom stereocenters. The van der Waals surface area contributed by atoms with Crippen LogP contribution in [-0.4, -0.2) is 49.2 Å². The Labute approximate surface area is 129 Å². The third kappa shape index (κ3) is 3.55. The van der Waals surface area contributed by atoms with Crippen molar-refractivity contribution >= 4 is 5.82 Å². The van der Waals surface area contributed by atoms with Crippen molar-refractivity contribution in [3.8, 4) is 0 Å². The van der Waals surface area contributed by atoms with Gasteiger partial charge in [-0.3, -0.25) is 0 Å². The van der Waals surface area contributed by atoms with Gasteiger partial charge in [0.05, 0.1) is 0 Å². The van der Waals surface area contributed by atoms with Crippen LogP contribution >= 0.6 is 0 Å². The largest absolute Gasteiger partial charge is 0.358 e. The molecule has 2 N–H and O–H groups in total. The molecular weight excluding hydrogens is 260 g/mol. The lowest BCUT2D eigenvalue weighted by molar-refractivity contribution is 0.0681. The summed E-state index contributed by atoms with van der Waals surface area (Å²) in [5.41, 5.74) is 7.71. The third-order valence-corrected chi connectivity index (χ3v) is 5.00. The molecule has 1 saturated carbocycles. The van der Waals surface area contributed by atoms with Crippen molar-refractivity contribution in [3.63, 3.8) is 0 Å². The first-order valence-electron chi connectivity index (χ1n) is 8.06. The van der Waals surface area contributed by atoms with Crippen molar-refractivity contribution < 1.29 is 0 Å². The quantitative estimate of drug-likeness (QED) is 0.837. The van der Waals surface area contributed by atoms with E-state index in [0.29, 0.717) is 5.54 Å². The minimum Gasteiger partial charge on any atom is -0.358 e. The summed E-state index contributed by atoms with van der Waals surface area (Å²) in [7, 11) is 6.55. The fourth-order valence-corrected chi connectivity index (χ4v) is 3.21. The van der Waals surface area contributed by atoms with Crippen molar-refractivity contribution in [2.75, 3.05) is 32.6 Å². The van der Waals surface area contributed by atoms with E-state index in [9.17, 15) is 0 Å². The molecule has 2 rings (SSSR count). The van der Waals surface area contributed by atoms with E-state index >= 15 is 0 Å². The van der Waals surface area contributed by atoms with Crippen LogP contribution in [0.5, 0.6) is 0 Å². The summed E-state index contributed by atoms with van der Waals surface area (Å²) in [6, 6.07) is 4.39. The predicted octanol–water partition coefficient (Wildman–Crippen LogP) is 2.28. The van der Waals surface area contributed by atoms with Gasteiger partial charge in [-0.25, -0.2) is 4.98 Å². The number of rotatable bonds is 7.